The van der Waals surface area contributed by atoms with Crippen LogP contribution in [0.25, 0.3) is 0 Å². The molecule has 1 unspecified atom stereocenters. The topological polar surface area (TPSA) is 41.1 Å². The predicted molar refractivity (Wildman–Crippen MR) is 106 cm³/mol. The van der Waals surface area contributed by atoms with E-state index in [0.717, 1.165) is 23.7 Å². The number of rotatable bonds is 5. The molecule has 3 rings (SSSR count). The van der Waals surface area contributed by atoms with Gasteiger partial charge in [0.1, 0.15) is 5.82 Å². The van der Waals surface area contributed by atoms with Crippen molar-refractivity contribution < 1.29 is 0 Å². The number of para-hydroxylation sites is 1. The molecule has 2 heterocycles. The van der Waals surface area contributed by atoms with Crippen LogP contribution in [0.4, 0.5) is 17.5 Å². The lowest BCUT2D eigenvalue weighted by molar-refractivity contribution is 0.446. The van der Waals surface area contributed by atoms with E-state index in [4.69, 9.17) is 4.98 Å². The van der Waals surface area contributed by atoms with Crippen molar-refractivity contribution in [2.75, 3.05) is 16.8 Å². The number of benzene rings is 1. The van der Waals surface area contributed by atoms with Gasteiger partial charge in [0.15, 0.2) is 0 Å². The Bertz CT molecular complexity index is 711. The average Bonchev–Trinajstić information content (AvgIpc) is 2.61. The van der Waals surface area contributed by atoms with E-state index in [9.17, 15) is 0 Å². The third kappa shape index (κ3) is 4.12. The molecule has 134 valence electrons. The molecule has 1 fully saturated rings. The summed E-state index contributed by atoms with van der Waals surface area (Å²) in [5.41, 5.74) is 3.40. The van der Waals surface area contributed by atoms with E-state index in [-0.39, 0.29) is 0 Å². The van der Waals surface area contributed by atoms with Crippen molar-refractivity contribution >= 4 is 17.5 Å². The van der Waals surface area contributed by atoms with E-state index in [1.54, 1.807) is 0 Å². The van der Waals surface area contributed by atoms with Gasteiger partial charge in [0.2, 0.25) is 5.95 Å². The lowest BCUT2D eigenvalue weighted by atomic mass is 10.00. The van der Waals surface area contributed by atoms with Crippen LogP contribution in [-0.4, -0.2) is 22.6 Å². The van der Waals surface area contributed by atoms with Crippen molar-refractivity contribution in [1.82, 2.24) is 9.97 Å². The van der Waals surface area contributed by atoms with Gasteiger partial charge in [-0.1, -0.05) is 39.0 Å². The molecule has 0 bridgehead atoms. The van der Waals surface area contributed by atoms with Crippen LogP contribution in [-0.2, 0) is 0 Å². The van der Waals surface area contributed by atoms with Gasteiger partial charge in [-0.05, 0) is 50.2 Å². The first-order valence-corrected chi connectivity index (χ1v) is 9.56. The molecule has 1 aliphatic heterocycles. The van der Waals surface area contributed by atoms with Crippen molar-refractivity contribution in [2.24, 2.45) is 0 Å². The molecule has 1 aromatic carbocycles. The van der Waals surface area contributed by atoms with Crippen LogP contribution < -0.4 is 10.2 Å². The van der Waals surface area contributed by atoms with Gasteiger partial charge in [0, 0.05) is 30.0 Å². The van der Waals surface area contributed by atoms with Crippen molar-refractivity contribution in [2.45, 2.75) is 65.3 Å². The van der Waals surface area contributed by atoms with Gasteiger partial charge in [-0.3, -0.25) is 0 Å². The maximum absolute atomic E-state index is 4.85. The number of hydrogen-bond donors (Lipinski definition) is 1. The minimum atomic E-state index is 0.458. The highest BCUT2D eigenvalue weighted by molar-refractivity contribution is 5.61. The normalized spacial score (nSPS) is 17.8. The third-order valence-electron chi connectivity index (χ3n) is 5.06. The zero-order valence-corrected chi connectivity index (χ0v) is 15.9. The molecule has 0 spiro atoms. The Balaban J connectivity index is 1.90. The maximum atomic E-state index is 4.85. The molecule has 0 amide bonds. The van der Waals surface area contributed by atoms with E-state index in [1.165, 1.54) is 31.2 Å². The molecule has 0 radical (unpaired) electrons. The fourth-order valence-corrected chi connectivity index (χ4v) is 3.72. The van der Waals surface area contributed by atoms with Gasteiger partial charge < -0.3 is 10.2 Å². The first-order valence-electron chi connectivity index (χ1n) is 9.56. The zero-order valence-electron chi connectivity index (χ0n) is 15.9. The quantitative estimate of drug-likeness (QED) is 0.790. The number of hydrogen-bond acceptors (Lipinski definition) is 4. The molecule has 0 saturated carbocycles. The van der Waals surface area contributed by atoms with Crippen LogP contribution in [0.5, 0.6) is 0 Å². The number of anilines is 3. The van der Waals surface area contributed by atoms with Gasteiger partial charge in [-0.25, -0.2) is 4.98 Å². The Labute approximate surface area is 151 Å². The Hall–Kier alpha value is -2.10. The largest absolute Gasteiger partial charge is 0.353 e. The first kappa shape index (κ1) is 17.7. The minimum absolute atomic E-state index is 0.458. The van der Waals surface area contributed by atoms with Gasteiger partial charge in [0.05, 0.1) is 0 Å². The van der Waals surface area contributed by atoms with Gasteiger partial charge >= 0.3 is 0 Å². The number of nitrogens with one attached hydrogen (secondary N) is 1. The molecule has 1 aromatic heterocycles. The van der Waals surface area contributed by atoms with Crippen LogP contribution in [0.2, 0.25) is 0 Å². The number of aromatic nitrogens is 2. The first-order chi connectivity index (χ1) is 12.1. The van der Waals surface area contributed by atoms with Crippen molar-refractivity contribution in [3.8, 4) is 0 Å². The lowest BCUT2D eigenvalue weighted by Gasteiger charge is -2.36. The van der Waals surface area contributed by atoms with Crippen molar-refractivity contribution in [1.29, 1.82) is 0 Å². The highest BCUT2D eigenvalue weighted by Gasteiger charge is 2.23. The number of aryl methyl sites for hydroxylation is 1. The summed E-state index contributed by atoms with van der Waals surface area (Å²) in [5.74, 6) is 2.21. The molecule has 4 heteroatoms. The predicted octanol–water partition coefficient (Wildman–Crippen LogP) is 5.42. The Morgan fingerprint density at radius 3 is 2.76 bits per heavy atom. The SMILES string of the molecule is CCC1CCCCN1c1cc(C)nc(Nc2ccccc2C(C)C)n1. The van der Waals surface area contributed by atoms with Crippen molar-refractivity contribution in [3.05, 3.63) is 41.6 Å². The average molecular weight is 338 g/mol. The highest BCUT2D eigenvalue weighted by atomic mass is 15.2. The van der Waals surface area contributed by atoms with Gasteiger partial charge in [0.25, 0.3) is 0 Å². The molecule has 1 aliphatic rings. The van der Waals surface area contributed by atoms with E-state index in [1.807, 2.05) is 0 Å². The number of piperidine rings is 1. The van der Waals surface area contributed by atoms with Crippen LogP contribution >= 0.6 is 0 Å². The Kier molecular flexibility index (Phi) is 5.57. The fraction of sp³-hybridized carbons (Fsp3) is 0.524. The van der Waals surface area contributed by atoms with E-state index in [2.05, 4.69) is 73.2 Å². The van der Waals surface area contributed by atoms with Crippen LogP contribution in [0.3, 0.4) is 0 Å². The molecular formula is C21H30N4. The van der Waals surface area contributed by atoms with Crippen LogP contribution in [0.15, 0.2) is 30.3 Å². The van der Waals surface area contributed by atoms with E-state index >= 15 is 0 Å². The molecular weight excluding hydrogens is 308 g/mol. The molecule has 1 saturated heterocycles. The summed E-state index contributed by atoms with van der Waals surface area (Å²) in [7, 11) is 0. The summed E-state index contributed by atoms with van der Waals surface area (Å²) in [4.78, 5) is 12.0. The second-order valence-corrected chi connectivity index (χ2v) is 7.31. The summed E-state index contributed by atoms with van der Waals surface area (Å²) in [6.07, 6.45) is 5.00. The molecule has 1 atom stereocenters. The van der Waals surface area contributed by atoms with Crippen LogP contribution in [0.1, 0.15) is 63.6 Å². The number of nitrogens with zero attached hydrogens (tertiary/aromatic N) is 3. The van der Waals surface area contributed by atoms with E-state index in [0.29, 0.717) is 17.9 Å². The standard InChI is InChI=1S/C21H30N4/c1-5-17-10-8-9-13-25(17)20-14-16(4)22-21(24-20)23-19-12-7-6-11-18(19)15(2)3/h6-7,11-12,14-15,17H,5,8-10,13H2,1-4H3,(H,22,23,24). The molecule has 25 heavy (non-hydrogen) atoms. The molecule has 0 aliphatic carbocycles. The molecule has 2 aromatic rings. The third-order valence-corrected chi connectivity index (χ3v) is 5.06. The summed E-state index contributed by atoms with van der Waals surface area (Å²) in [6, 6.07) is 11.1. The van der Waals surface area contributed by atoms with Crippen molar-refractivity contribution in [3.63, 3.8) is 0 Å². The summed E-state index contributed by atoms with van der Waals surface area (Å²) >= 11 is 0. The van der Waals surface area contributed by atoms with E-state index < -0.39 is 0 Å². The maximum Gasteiger partial charge on any atom is 0.229 e. The second kappa shape index (κ2) is 7.85. The van der Waals surface area contributed by atoms with Gasteiger partial charge in [-0.2, -0.15) is 4.98 Å². The van der Waals surface area contributed by atoms with Gasteiger partial charge in [-0.15, -0.1) is 0 Å². The fourth-order valence-electron chi connectivity index (χ4n) is 3.72. The summed E-state index contributed by atoms with van der Waals surface area (Å²) in [6.45, 7) is 9.84. The van der Waals surface area contributed by atoms with Crippen LogP contribution in [0, 0.1) is 6.92 Å². The second-order valence-electron chi connectivity index (χ2n) is 7.31. The minimum Gasteiger partial charge on any atom is -0.353 e. The summed E-state index contributed by atoms with van der Waals surface area (Å²) in [5, 5.41) is 3.46. The Morgan fingerprint density at radius 1 is 1.20 bits per heavy atom. The molecule has 4 nitrogen and oxygen atoms in total. The smallest absolute Gasteiger partial charge is 0.229 e. The molecule has 1 N–H and O–H groups in total. The monoisotopic (exact) mass is 338 g/mol. The zero-order chi connectivity index (χ0) is 17.8. The summed E-state index contributed by atoms with van der Waals surface area (Å²) < 4.78 is 0. The Morgan fingerprint density at radius 2 is 2.00 bits per heavy atom. The lowest BCUT2D eigenvalue weighted by Crippen LogP contribution is -2.39. The highest BCUT2D eigenvalue weighted by Crippen LogP contribution is 2.29.